The van der Waals surface area contributed by atoms with Crippen LogP contribution in [0.5, 0.6) is 0 Å². The minimum Gasteiger partial charge on any atom is -0.399 e. The Morgan fingerprint density at radius 1 is 1.00 bits per heavy atom. The van der Waals surface area contributed by atoms with E-state index in [-0.39, 0.29) is 11.6 Å². The molecule has 0 aliphatic carbocycles. The first-order valence-electron chi connectivity index (χ1n) is 6.48. The number of anilines is 1. The van der Waals surface area contributed by atoms with Gasteiger partial charge in [-0.05, 0) is 48.5 Å². The van der Waals surface area contributed by atoms with Crippen molar-refractivity contribution in [1.29, 1.82) is 0 Å². The zero-order valence-corrected chi connectivity index (χ0v) is 11.5. The Morgan fingerprint density at radius 2 is 1.61 bits per heavy atom. The highest BCUT2D eigenvalue weighted by Gasteiger charge is 2.30. The predicted molar refractivity (Wildman–Crippen MR) is 77.0 cm³/mol. The number of hydrogen-bond donors (Lipinski definition) is 1. The molecule has 0 amide bonds. The summed E-state index contributed by atoms with van der Waals surface area (Å²) in [4.78, 5) is 11.8. The summed E-state index contributed by atoms with van der Waals surface area (Å²) in [5.41, 5.74) is 6.01. The van der Waals surface area contributed by atoms with Crippen molar-refractivity contribution < 1.29 is 17.6 Å². The maximum atomic E-state index is 12.5. The van der Waals surface area contributed by atoms with Crippen LogP contribution in [0.3, 0.4) is 0 Å². The molecule has 0 aliphatic heterocycles. The molecule has 2 N–H and O–H groups in total. The first-order chi connectivity index (χ1) is 10.8. The maximum Gasteiger partial charge on any atom is 0.442 e. The zero-order valence-electron chi connectivity index (χ0n) is 11.5. The van der Waals surface area contributed by atoms with Crippen molar-refractivity contribution in [3.63, 3.8) is 0 Å². The highest BCUT2D eigenvalue weighted by atomic mass is 19.4. The molecule has 5 nitrogen and oxygen atoms in total. The van der Waals surface area contributed by atoms with E-state index >= 15 is 0 Å². The summed E-state index contributed by atoms with van der Waals surface area (Å²) in [5.74, 6) is -0.744. The summed E-state index contributed by atoms with van der Waals surface area (Å²) in [5, 5.41) is 3.99. The molecule has 0 saturated carbocycles. The predicted octanol–water partition coefficient (Wildman–Crippen LogP) is 3.09. The molecule has 0 spiro atoms. The van der Waals surface area contributed by atoms with E-state index in [9.17, 15) is 18.0 Å². The van der Waals surface area contributed by atoms with Gasteiger partial charge in [-0.1, -0.05) is 0 Å². The number of hydrogen-bond acceptors (Lipinski definition) is 4. The molecule has 1 heterocycles. The van der Waals surface area contributed by atoms with E-state index in [0.717, 1.165) is 28.9 Å². The lowest BCUT2D eigenvalue weighted by atomic mass is 10.2. The lowest BCUT2D eigenvalue weighted by Gasteiger charge is -2.06. The van der Waals surface area contributed by atoms with Gasteiger partial charge in [0.1, 0.15) is 0 Å². The van der Waals surface area contributed by atoms with Crippen molar-refractivity contribution in [3.8, 4) is 17.1 Å². The van der Waals surface area contributed by atoms with Crippen LogP contribution in [0.15, 0.2) is 57.7 Å². The van der Waals surface area contributed by atoms with E-state index in [1.807, 2.05) is 0 Å². The average molecular weight is 321 g/mol. The van der Waals surface area contributed by atoms with E-state index in [0.29, 0.717) is 11.3 Å². The normalized spacial score (nSPS) is 11.6. The molecule has 0 bridgehead atoms. The molecule has 0 fully saturated rings. The summed E-state index contributed by atoms with van der Waals surface area (Å²) in [6.07, 6.45) is -4.44. The molecule has 23 heavy (non-hydrogen) atoms. The highest BCUT2D eigenvalue weighted by molar-refractivity contribution is 5.56. The highest BCUT2D eigenvalue weighted by Crippen LogP contribution is 2.29. The van der Waals surface area contributed by atoms with Gasteiger partial charge in [-0.15, -0.1) is 5.10 Å². The Balaban J connectivity index is 1.98. The Labute approximate surface area is 127 Å². The SMILES string of the molecule is Nc1ccc(-c2nn(-c3ccc(C(F)(F)F)cc3)c(=O)o2)cc1. The van der Waals surface area contributed by atoms with Gasteiger partial charge in [0.2, 0.25) is 5.89 Å². The fourth-order valence-corrected chi connectivity index (χ4v) is 1.98. The van der Waals surface area contributed by atoms with Gasteiger partial charge in [0.25, 0.3) is 0 Å². The number of rotatable bonds is 2. The molecule has 3 rings (SSSR count). The van der Waals surface area contributed by atoms with E-state index < -0.39 is 17.5 Å². The lowest BCUT2D eigenvalue weighted by molar-refractivity contribution is -0.137. The Morgan fingerprint density at radius 3 is 2.17 bits per heavy atom. The van der Waals surface area contributed by atoms with E-state index in [1.54, 1.807) is 24.3 Å². The third-order valence-electron chi connectivity index (χ3n) is 3.14. The van der Waals surface area contributed by atoms with Gasteiger partial charge in [0.15, 0.2) is 0 Å². The number of halogens is 3. The van der Waals surface area contributed by atoms with Crippen molar-refractivity contribution >= 4 is 5.69 Å². The Kier molecular flexibility index (Phi) is 3.44. The van der Waals surface area contributed by atoms with Crippen LogP contribution in [0, 0.1) is 0 Å². The van der Waals surface area contributed by atoms with Gasteiger partial charge >= 0.3 is 11.9 Å². The second-order valence-corrected chi connectivity index (χ2v) is 4.75. The fraction of sp³-hybridized carbons (Fsp3) is 0.0667. The van der Waals surface area contributed by atoms with Crippen LogP contribution in [-0.2, 0) is 6.18 Å². The number of aromatic nitrogens is 2. The summed E-state index contributed by atoms with van der Waals surface area (Å²) in [6.45, 7) is 0. The Hall–Kier alpha value is -3.03. The molecule has 0 unspecified atom stereocenters. The van der Waals surface area contributed by atoms with E-state index in [2.05, 4.69) is 5.10 Å². The van der Waals surface area contributed by atoms with Crippen LogP contribution in [0.4, 0.5) is 18.9 Å². The van der Waals surface area contributed by atoms with Crippen molar-refractivity contribution in [2.24, 2.45) is 0 Å². The third kappa shape index (κ3) is 2.96. The van der Waals surface area contributed by atoms with Crippen LogP contribution in [0.1, 0.15) is 5.56 Å². The minimum absolute atomic E-state index is 0.0508. The van der Waals surface area contributed by atoms with Gasteiger partial charge < -0.3 is 10.2 Å². The van der Waals surface area contributed by atoms with Crippen LogP contribution < -0.4 is 11.5 Å². The quantitative estimate of drug-likeness (QED) is 0.736. The molecule has 8 heteroatoms. The number of nitrogens with two attached hydrogens (primary N) is 1. The van der Waals surface area contributed by atoms with Crippen LogP contribution >= 0.6 is 0 Å². The third-order valence-corrected chi connectivity index (χ3v) is 3.14. The monoisotopic (exact) mass is 321 g/mol. The van der Waals surface area contributed by atoms with Crippen molar-refractivity contribution in [2.45, 2.75) is 6.18 Å². The summed E-state index contributed by atoms with van der Waals surface area (Å²) < 4.78 is 43.6. The number of benzene rings is 2. The van der Waals surface area contributed by atoms with Gasteiger partial charge in [0, 0.05) is 11.3 Å². The largest absolute Gasteiger partial charge is 0.442 e. The molecule has 1 aromatic heterocycles. The minimum atomic E-state index is -4.44. The summed E-state index contributed by atoms with van der Waals surface area (Å²) in [7, 11) is 0. The van der Waals surface area contributed by atoms with Gasteiger partial charge in [0.05, 0.1) is 11.3 Å². The second kappa shape index (κ2) is 5.31. The average Bonchev–Trinajstić information content (AvgIpc) is 2.89. The van der Waals surface area contributed by atoms with Crippen LogP contribution in [-0.4, -0.2) is 9.78 Å². The molecule has 3 aromatic rings. The first-order valence-corrected chi connectivity index (χ1v) is 6.48. The number of alkyl halides is 3. The number of nitrogens with zero attached hydrogens (tertiary/aromatic N) is 2. The van der Waals surface area contributed by atoms with E-state index in [4.69, 9.17) is 10.2 Å². The lowest BCUT2D eigenvalue weighted by Crippen LogP contribution is -2.14. The zero-order chi connectivity index (χ0) is 16.6. The topological polar surface area (TPSA) is 74.0 Å². The van der Waals surface area contributed by atoms with Crippen LogP contribution in [0.2, 0.25) is 0 Å². The van der Waals surface area contributed by atoms with Gasteiger partial charge in [-0.3, -0.25) is 0 Å². The Bertz CT molecular complexity index is 878. The van der Waals surface area contributed by atoms with Crippen molar-refractivity contribution in [1.82, 2.24) is 9.78 Å². The van der Waals surface area contributed by atoms with Gasteiger partial charge in [-0.25, -0.2) is 4.79 Å². The van der Waals surface area contributed by atoms with Crippen molar-refractivity contribution in [2.75, 3.05) is 5.73 Å². The maximum absolute atomic E-state index is 12.5. The smallest absolute Gasteiger partial charge is 0.399 e. The fourth-order valence-electron chi connectivity index (χ4n) is 1.98. The number of nitrogen functional groups attached to an aromatic ring is 1. The molecule has 2 aromatic carbocycles. The first kappa shape index (κ1) is 14.9. The molecule has 0 radical (unpaired) electrons. The van der Waals surface area contributed by atoms with Crippen LogP contribution in [0.25, 0.3) is 17.1 Å². The van der Waals surface area contributed by atoms with Gasteiger partial charge in [-0.2, -0.15) is 17.9 Å². The molecular formula is C15H10F3N3O2. The summed E-state index contributed by atoms with van der Waals surface area (Å²) >= 11 is 0. The molecular weight excluding hydrogens is 311 g/mol. The molecule has 0 saturated heterocycles. The summed E-state index contributed by atoms with van der Waals surface area (Å²) in [6, 6.07) is 10.5. The second-order valence-electron chi connectivity index (χ2n) is 4.75. The van der Waals surface area contributed by atoms with E-state index in [1.165, 1.54) is 0 Å². The molecule has 0 atom stereocenters. The van der Waals surface area contributed by atoms with Crippen molar-refractivity contribution in [3.05, 3.63) is 64.6 Å². The molecule has 0 aliphatic rings. The standard InChI is InChI=1S/C15H10F3N3O2/c16-15(17,18)10-3-7-12(8-4-10)21-14(22)23-13(20-21)9-1-5-11(19)6-2-9/h1-8H,19H2. The molecule has 118 valence electrons.